The lowest BCUT2D eigenvalue weighted by Gasteiger charge is -2.28. The predicted octanol–water partition coefficient (Wildman–Crippen LogP) is 3.63. The van der Waals surface area contributed by atoms with Crippen molar-refractivity contribution in [1.82, 2.24) is 4.57 Å². The van der Waals surface area contributed by atoms with Crippen molar-refractivity contribution in [3.05, 3.63) is 84.2 Å². The predicted molar refractivity (Wildman–Crippen MR) is 107 cm³/mol. The first-order valence-electron chi connectivity index (χ1n) is 9.23. The van der Waals surface area contributed by atoms with Crippen molar-refractivity contribution in [1.29, 1.82) is 0 Å². The standard InChI is InChI=1S/C22H23N3O2/c26-22(21-7-4-12-25(21)17-18-5-2-1-3-6-18)23-19-8-10-20(11-9-19)24-13-15-27-16-14-24/h1-12H,13-17H2,(H,23,26). The zero-order chi connectivity index (χ0) is 18.5. The highest BCUT2D eigenvalue weighted by Crippen LogP contribution is 2.20. The highest BCUT2D eigenvalue weighted by atomic mass is 16.5. The number of ether oxygens (including phenoxy) is 1. The number of anilines is 2. The number of morpholine rings is 1. The number of benzene rings is 2. The molecule has 1 amide bonds. The van der Waals surface area contributed by atoms with Crippen LogP contribution in [0, 0.1) is 0 Å². The van der Waals surface area contributed by atoms with Crippen LogP contribution >= 0.6 is 0 Å². The maximum absolute atomic E-state index is 12.7. The highest BCUT2D eigenvalue weighted by molar-refractivity contribution is 6.03. The van der Waals surface area contributed by atoms with Gasteiger partial charge in [0.25, 0.3) is 5.91 Å². The normalized spacial score (nSPS) is 14.1. The van der Waals surface area contributed by atoms with Gasteiger partial charge in [0.2, 0.25) is 0 Å². The minimum atomic E-state index is -0.102. The summed E-state index contributed by atoms with van der Waals surface area (Å²) >= 11 is 0. The SMILES string of the molecule is O=C(Nc1ccc(N2CCOCC2)cc1)c1cccn1Cc1ccccc1. The van der Waals surface area contributed by atoms with Gasteiger partial charge in [0.1, 0.15) is 5.69 Å². The van der Waals surface area contributed by atoms with E-state index < -0.39 is 0 Å². The molecule has 0 bridgehead atoms. The van der Waals surface area contributed by atoms with Gasteiger partial charge in [-0.05, 0) is 42.0 Å². The quantitative estimate of drug-likeness (QED) is 0.755. The van der Waals surface area contributed by atoms with Gasteiger partial charge in [-0.25, -0.2) is 0 Å². The number of aromatic nitrogens is 1. The van der Waals surface area contributed by atoms with E-state index in [4.69, 9.17) is 4.74 Å². The van der Waals surface area contributed by atoms with Gasteiger partial charge in [-0.3, -0.25) is 4.79 Å². The van der Waals surface area contributed by atoms with Crippen molar-refractivity contribution in [2.24, 2.45) is 0 Å². The van der Waals surface area contributed by atoms with Crippen molar-refractivity contribution in [3.8, 4) is 0 Å². The Kier molecular flexibility index (Phi) is 5.21. The molecule has 0 spiro atoms. The number of hydrogen-bond donors (Lipinski definition) is 1. The smallest absolute Gasteiger partial charge is 0.272 e. The van der Waals surface area contributed by atoms with Crippen molar-refractivity contribution >= 4 is 17.3 Å². The molecule has 5 nitrogen and oxygen atoms in total. The summed E-state index contributed by atoms with van der Waals surface area (Å²) in [6, 6.07) is 21.9. The Hall–Kier alpha value is -3.05. The van der Waals surface area contributed by atoms with Crippen LogP contribution in [0.15, 0.2) is 72.9 Å². The fraction of sp³-hybridized carbons (Fsp3) is 0.227. The van der Waals surface area contributed by atoms with Crippen molar-refractivity contribution in [2.45, 2.75) is 6.54 Å². The highest BCUT2D eigenvalue weighted by Gasteiger charge is 2.13. The summed E-state index contributed by atoms with van der Waals surface area (Å²) in [5.74, 6) is -0.102. The maximum atomic E-state index is 12.7. The van der Waals surface area contributed by atoms with Gasteiger partial charge in [0, 0.05) is 37.2 Å². The van der Waals surface area contributed by atoms with Crippen LogP contribution in [0.3, 0.4) is 0 Å². The summed E-state index contributed by atoms with van der Waals surface area (Å²) in [6.07, 6.45) is 1.93. The molecule has 138 valence electrons. The Morgan fingerprint density at radius 1 is 0.926 bits per heavy atom. The topological polar surface area (TPSA) is 46.5 Å². The van der Waals surface area contributed by atoms with Crippen LogP contribution in [0.25, 0.3) is 0 Å². The van der Waals surface area contributed by atoms with Gasteiger partial charge < -0.3 is 19.5 Å². The van der Waals surface area contributed by atoms with Gasteiger partial charge in [0.15, 0.2) is 0 Å². The molecule has 1 aromatic heterocycles. The Bertz CT molecular complexity index is 881. The van der Waals surface area contributed by atoms with Crippen LogP contribution in [0.5, 0.6) is 0 Å². The van der Waals surface area contributed by atoms with Crippen LogP contribution in [0.2, 0.25) is 0 Å². The average Bonchev–Trinajstić information content (AvgIpc) is 3.18. The van der Waals surface area contributed by atoms with Crippen molar-refractivity contribution in [2.75, 3.05) is 36.5 Å². The summed E-state index contributed by atoms with van der Waals surface area (Å²) in [4.78, 5) is 15.0. The van der Waals surface area contributed by atoms with E-state index in [0.717, 1.165) is 43.2 Å². The molecule has 0 unspecified atom stereocenters. The molecule has 3 aromatic rings. The number of carbonyl (C=O) groups excluding carboxylic acids is 1. The van der Waals surface area contributed by atoms with E-state index in [1.54, 1.807) is 0 Å². The molecular weight excluding hydrogens is 338 g/mol. The van der Waals surface area contributed by atoms with E-state index in [-0.39, 0.29) is 5.91 Å². The first-order chi connectivity index (χ1) is 13.3. The van der Waals surface area contributed by atoms with Gasteiger partial charge in [-0.2, -0.15) is 0 Å². The van der Waals surface area contributed by atoms with E-state index >= 15 is 0 Å². The van der Waals surface area contributed by atoms with Crippen LogP contribution in [-0.4, -0.2) is 36.8 Å². The molecule has 4 rings (SSSR count). The second-order valence-corrected chi connectivity index (χ2v) is 6.61. The zero-order valence-electron chi connectivity index (χ0n) is 15.2. The number of nitrogens with zero attached hydrogens (tertiary/aromatic N) is 2. The summed E-state index contributed by atoms with van der Waals surface area (Å²) < 4.78 is 7.36. The summed E-state index contributed by atoms with van der Waals surface area (Å²) in [5, 5.41) is 3.00. The molecule has 0 atom stereocenters. The zero-order valence-corrected chi connectivity index (χ0v) is 15.2. The summed E-state index contributed by atoms with van der Waals surface area (Å²) in [7, 11) is 0. The van der Waals surface area contributed by atoms with Crippen LogP contribution in [0.4, 0.5) is 11.4 Å². The molecule has 1 N–H and O–H groups in total. The Balaban J connectivity index is 1.43. The van der Waals surface area contributed by atoms with Gasteiger partial charge in [0.05, 0.1) is 13.2 Å². The molecule has 1 saturated heterocycles. The monoisotopic (exact) mass is 361 g/mol. The first kappa shape index (κ1) is 17.4. The summed E-state index contributed by atoms with van der Waals surface area (Å²) in [6.45, 7) is 4.00. The van der Waals surface area contributed by atoms with E-state index in [2.05, 4.69) is 22.3 Å². The molecule has 1 aliphatic heterocycles. The van der Waals surface area contributed by atoms with Crippen LogP contribution < -0.4 is 10.2 Å². The molecule has 27 heavy (non-hydrogen) atoms. The number of amides is 1. The second kappa shape index (κ2) is 8.10. The fourth-order valence-corrected chi connectivity index (χ4v) is 3.31. The molecule has 0 aliphatic carbocycles. The first-order valence-corrected chi connectivity index (χ1v) is 9.23. The van der Waals surface area contributed by atoms with Crippen LogP contribution in [-0.2, 0) is 11.3 Å². The minimum Gasteiger partial charge on any atom is -0.378 e. The van der Waals surface area contributed by atoms with E-state index in [0.29, 0.717) is 12.2 Å². The molecule has 0 saturated carbocycles. The fourth-order valence-electron chi connectivity index (χ4n) is 3.31. The lowest BCUT2D eigenvalue weighted by Crippen LogP contribution is -2.36. The molecule has 5 heteroatoms. The molecule has 2 heterocycles. The molecule has 1 fully saturated rings. The van der Waals surface area contributed by atoms with E-state index in [1.807, 2.05) is 65.4 Å². The third-order valence-corrected chi connectivity index (χ3v) is 4.76. The Morgan fingerprint density at radius 3 is 2.41 bits per heavy atom. The average molecular weight is 361 g/mol. The largest absolute Gasteiger partial charge is 0.378 e. The second-order valence-electron chi connectivity index (χ2n) is 6.61. The van der Waals surface area contributed by atoms with Gasteiger partial charge >= 0.3 is 0 Å². The number of hydrogen-bond acceptors (Lipinski definition) is 3. The molecule has 2 aromatic carbocycles. The van der Waals surface area contributed by atoms with Gasteiger partial charge in [-0.1, -0.05) is 30.3 Å². The molecule has 1 aliphatic rings. The summed E-state index contributed by atoms with van der Waals surface area (Å²) in [5.41, 5.74) is 3.77. The molecule has 0 radical (unpaired) electrons. The third-order valence-electron chi connectivity index (χ3n) is 4.76. The maximum Gasteiger partial charge on any atom is 0.272 e. The van der Waals surface area contributed by atoms with E-state index in [9.17, 15) is 4.79 Å². The van der Waals surface area contributed by atoms with Crippen molar-refractivity contribution < 1.29 is 9.53 Å². The molecular formula is C22H23N3O2. The minimum absolute atomic E-state index is 0.102. The number of rotatable bonds is 5. The third kappa shape index (κ3) is 4.20. The van der Waals surface area contributed by atoms with Gasteiger partial charge in [-0.15, -0.1) is 0 Å². The lowest BCUT2D eigenvalue weighted by molar-refractivity contribution is 0.101. The Labute approximate surface area is 159 Å². The van der Waals surface area contributed by atoms with E-state index in [1.165, 1.54) is 0 Å². The Morgan fingerprint density at radius 2 is 1.67 bits per heavy atom. The van der Waals surface area contributed by atoms with Crippen molar-refractivity contribution in [3.63, 3.8) is 0 Å². The number of carbonyl (C=O) groups is 1. The van der Waals surface area contributed by atoms with Crippen LogP contribution in [0.1, 0.15) is 16.1 Å². The number of nitrogens with one attached hydrogen (secondary N) is 1. The lowest BCUT2D eigenvalue weighted by atomic mass is 10.2.